The van der Waals surface area contributed by atoms with Crippen molar-refractivity contribution in [3.63, 3.8) is 0 Å². The van der Waals surface area contributed by atoms with E-state index in [9.17, 15) is 4.79 Å². The maximum Gasteiger partial charge on any atom is 0.274 e. The van der Waals surface area contributed by atoms with E-state index in [4.69, 9.17) is 4.52 Å². The van der Waals surface area contributed by atoms with Crippen LogP contribution in [0.5, 0.6) is 0 Å². The Morgan fingerprint density at radius 2 is 2.00 bits per heavy atom. The quantitative estimate of drug-likeness (QED) is 0.700. The van der Waals surface area contributed by atoms with E-state index in [1.807, 2.05) is 18.7 Å². The molecule has 0 radical (unpaired) electrons. The molecule has 1 fully saturated rings. The number of carbonyl (C=O) groups excluding carboxylic acids is 1. The maximum atomic E-state index is 12.6. The largest absolute Gasteiger partial charge is 0.361 e. The fourth-order valence-corrected chi connectivity index (χ4v) is 3.57. The van der Waals surface area contributed by atoms with Crippen molar-refractivity contribution >= 4 is 5.91 Å². The summed E-state index contributed by atoms with van der Waals surface area (Å²) in [5, 5.41) is 4.03. The van der Waals surface area contributed by atoms with Crippen LogP contribution in [0.1, 0.15) is 34.1 Å². The zero-order valence-corrected chi connectivity index (χ0v) is 15.3. The molecular weight excluding hydrogens is 344 g/mol. The second-order valence-electron chi connectivity index (χ2n) is 6.75. The van der Waals surface area contributed by atoms with E-state index in [0.717, 1.165) is 41.2 Å². The van der Waals surface area contributed by atoms with Crippen molar-refractivity contribution in [1.29, 1.82) is 0 Å². The number of aromatic nitrogens is 5. The Labute approximate surface area is 156 Å². The number of hydrogen-bond donors (Lipinski definition) is 0. The third kappa shape index (κ3) is 3.42. The SMILES string of the molecule is Cc1noc(C)c1-c1nccnc1C[C@H]1CCN(C(=O)c2cnccn2)C1. The standard InChI is InChI=1S/C19H20N6O2/c1-12-17(13(2)27-24-12)18-15(21-6-7-23-18)9-14-3-8-25(11-14)19(26)16-10-20-4-5-22-16/h4-7,10,14H,3,8-9,11H2,1-2H3/t14-/m1/s1. The first kappa shape index (κ1) is 17.3. The van der Waals surface area contributed by atoms with E-state index in [1.54, 1.807) is 18.6 Å². The highest BCUT2D eigenvalue weighted by atomic mass is 16.5. The zero-order chi connectivity index (χ0) is 18.8. The Hall–Kier alpha value is -3.16. The Morgan fingerprint density at radius 1 is 1.19 bits per heavy atom. The Morgan fingerprint density at radius 3 is 2.74 bits per heavy atom. The van der Waals surface area contributed by atoms with Crippen molar-refractivity contribution in [2.75, 3.05) is 13.1 Å². The molecule has 1 aliphatic rings. The summed E-state index contributed by atoms with van der Waals surface area (Å²) < 4.78 is 5.29. The van der Waals surface area contributed by atoms with Crippen molar-refractivity contribution < 1.29 is 9.32 Å². The second-order valence-corrected chi connectivity index (χ2v) is 6.75. The molecule has 8 heteroatoms. The minimum Gasteiger partial charge on any atom is -0.361 e. The fourth-order valence-electron chi connectivity index (χ4n) is 3.57. The predicted octanol–water partition coefficient (Wildman–Crippen LogP) is 2.24. The molecular formula is C19H20N6O2. The van der Waals surface area contributed by atoms with E-state index >= 15 is 0 Å². The van der Waals surface area contributed by atoms with Gasteiger partial charge in [-0.15, -0.1) is 0 Å². The molecule has 0 N–H and O–H groups in total. The van der Waals surface area contributed by atoms with Gasteiger partial charge in [0.2, 0.25) is 0 Å². The van der Waals surface area contributed by atoms with Gasteiger partial charge in [0.05, 0.1) is 28.8 Å². The minimum absolute atomic E-state index is 0.0734. The van der Waals surface area contributed by atoms with Gasteiger partial charge in [-0.3, -0.25) is 19.7 Å². The number of likely N-dealkylation sites (tertiary alicyclic amines) is 1. The molecule has 3 aromatic heterocycles. The highest BCUT2D eigenvalue weighted by molar-refractivity contribution is 5.92. The highest BCUT2D eigenvalue weighted by Gasteiger charge is 2.29. The van der Waals surface area contributed by atoms with Gasteiger partial charge in [-0.25, -0.2) is 4.98 Å². The summed E-state index contributed by atoms with van der Waals surface area (Å²) >= 11 is 0. The monoisotopic (exact) mass is 364 g/mol. The molecule has 0 aromatic carbocycles. The van der Waals surface area contributed by atoms with Crippen LogP contribution in [0.15, 0.2) is 35.5 Å². The van der Waals surface area contributed by atoms with E-state index in [-0.39, 0.29) is 5.91 Å². The lowest BCUT2D eigenvalue weighted by Gasteiger charge is -2.16. The summed E-state index contributed by atoms with van der Waals surface area (Å²) in [6, 6.07) is 0. The first-order valence-electron chi connectivity index (χ1n) is 8.92. The van der Waals surface area contributed by atoms with Crippen LogP contribution in [-0.2, 0) is 6.42 Å². The molecule has 1 saturated heterocycles. The topological polar surface area (TPSA) is 97.9 Å². The van der Waals surface area contributed by atoms with Gasteiger partial charge in [-0.2, -0.15) is 0 Å². The molecule has 1 aliphatic heterocycles. The molecule has 27 heavy (non-hydrogen) atoms. The van der Waals surface area contributed by atoms with Crippen LogP contribution >= 0.6 is 0 Å². The third-order valence-corrected chi connectivity index (χ3v) is 4.88. The van der Waals surface area contributed by atoms with Crippen LogP contribution in [0.2, 0.25) is 0 Å². The Bertz CT molecular complexity index is 936. The van der Waals surface area contributed by atoms with E-state index in [1.165, 1.54) is 12.4 Å². The van der Waals surface area contributed by atoms with Gasteiger partial charge in [-0.05, 0) is 32.6 Å². The molecule has 8 nitrogen and oxygen atoms in total. The van der Waals surface area contributed by atoms with Gasteiger partial charge in [0.25, 0.3) is 5.91 Å². The molecule has 0 aliphatic carbocycles. The number of hydrogen-bond acceptors (Lipinski definition) is 7. The predicted molar refractivity (Wildman–Crippen MR) is 96.7 cm³/mol. The van der Waals surface area contributed by atoms with Crippen molar-refractivity contribution in [3.05, 3.63) is 53.8 Å². The molecule has 4 heterocycles. The van der Waals surface area contributed by atoms with Gasteiger partial charge in [0.15, 0.2) is 0 Å². The van der Waals surface area contributed by atoms with Gasteiger partial charge in [-0.1, -0.05) is 5.16 Å². The summed E-state index contributed by atoms with van der Waals surface area (Å²) in [6.45, 7) is 5.17. The molecule has 138 valence electrons. The van der Waals surface area contributed by atoms with Crippen molar-refractivity contribution in [1.82, 2.24) is 30.0 Å². The van der Waals surface area contributed by atoms with Gasteiger partial charge >= 0.3 is 0 Å². The smallest absolute Gasteiger partial charge is 0.274 e. The normalized spacial score (nSPS) is 16.7. The molecule has 0 saturated carbocycles. The molecule has 4 rings (SSSR count). The minimum atomic E-state index is -0.0734. The first-order valence-corrected chi connectivity index (χ1v) is 8.92. The Kier molecular flexibility index (Phi) is 4.62. The summed E-state index contributed by atoms with van der Waals surface area (Å²) in [6.07, 6.45) is 9.66. The van der Waals surface area contributed by atoms with Gasteiger partial charge in [0, 0.05) is 37.9 Å². The second kappa shape index (κ2) is 7.22. The number of rotatable bonds is 4. The average Bonchev–Trinajstić information content (AvgIpc) is 3.29. The summed E-state index contributed by atoms with van der Waals surface area (Å²) in [5.74, 6) is 0.984. The van der Waals surface area contributed by atoms with Crippen molar-refractivity contribution in [2.24, 2.45) is 5.92 Å². The van der Waals surface area contributed by atoms with Crippen LogP contribution in [-0.4, -0.2) is 49.0 Å². The molecule has 1 amide bonds. The number of aryl methyl sites for hydroxylation is 2. The van der Waals surface area contributed by atoms with E-state index in [2.05, 4.69) is 25.1 Å². The maximum absolute atomic E-state index is 12.6. The van der Waals surface area contributed by atoms with Crippen LogP contribution < -0.4 is 0 Å². The number of carbonyl (C=O) groups is 1. The average molecular weight is 364 g/mol. The van der Waals surface area contributed by atoms with Crippen LogP contribution in [0.25, 0.3) is 11.3 Å². The highest BCUT2D eigenvalue weighted by Crippen LogP contribution is 2.30. The molecule has 1 atom stereocenters. The first-order chi connectivity index (χ1) is 13.1. The number of nitrogens with zero attached hydrogens (tertiary/aromatic N) is 6. The Balaban J connectivity index is 1.51. The third-order valence-electron chi connectivity index (χ3n) is 4.88. The zero-order valence-electron chi connectivity index (χ0n) is 15.3. The van der Waals surface area contributed by atoms with Gasteiger partial charge in [0.1, 0.15) is 11.5 Å². The number of amides is 1. The van der Waals surface area contributed by atoms with Crippen molar-refractivity contribution in [2.45, 2.75) is 26.7 Å². The summed E-state index contributed by atoms with van der Waals surface area (Å²) in [5.41, 5.74) is 3.82. The van der Waals surface area contributed by atoms with Gasteiger partial charge < -0.3 is 9.42 Å². The lowest BCUT2D eigenvalue weighted by Crippen LogP contribution is -2.29. The van der Waals surface area contributed by atoms with E-state index < -0.39 is 0 Å². The lowest BCUT2D eigenvalue weighted by atomic mass is 9.98. The molecule has 0 unspecified atom stereocenters. The van der Waals surface area contributed by atoms with Crippen LogP contribution in [0.3, 0.4) is 0 Å². The van der Waals surface area contributed by atoms with Crippen LogP contribution in [0.4, 0.5) is 0 Å². The van der Waals surface area contributed by atoms with Crippen LogP contribution in [0, 0.1) is 19.8 Å². The lowest BCUT2D eigenvalue weighted by molar-refractivity contribution is 0.0780. The molecule has 0 bridgehead atoms. The molecule has 3 aromatic rings. The summed E-state index contributed by atoms with van der Waals surface area (Å²) in [4.78, 5) is 31.6. The van der Waals surface area contributed by atoms with Crippen molar-refractivity contribution in [3.8, 4) is 11.3 Å². The fraction of sp³-hybridized carbons (Fsp3) is 0.368. The molecule has 0 spiro atoms. The summed E-state index contributed by atoms with van der Waals surface area (Å²) in [7, 11) is 0. The van der Waals surface area contributed by atoms with E-state index in [0.29, 0.717) is 24.7 Å².